The minimum atomic E-state index is 0.793. The maximum atomic E-state index is 8.65. The lowest BCUT2D eigenvalue weighted by molar-refractivity contribution is 0.195. The van der Waals surface area contributed by atoms with Crippen LogP contribution in [0.15, 0.2) is 23.4 Å². The Morgan fingerprint density at radius 1 is 1.50 bits per heavy atom. The molecule has 16 heavy (non-hydrogen) atoms. The molecule has 1 aliphatic carbocycles. The van der Waals surface area contributed by atoms with Crippen molar-refractivity contribution in [2.24, 2.45) is 0 Å². The Bertz CT molecular complexity index is 300. The summed E-state index contributed by atoms with van der Waals surface area (Å²) >= 11 is 0. The van der Waals surface area contributed by atoms with E-state index >= 15 is 0 Å². The van der Waals surface area contributed by atoms with Crippen LogP contribution in [0.5, 0.6) is 0 Å². The molecule has 0 aromatic carbocycles. The number of nitrogens with zero attached hydrogens (tertiary/aromatic N) is 1. The normalized spacial score (nSPS) is 18.8. The highest BCUT2D eigenvalue weighted by molar-refractivity contribution is 5.28. The van der Waals surface area contributed by atoms with Gasteiger partial charge in [0.25, 0.3) is 0 Å². The molecule has 1 N–H and O–H groups in total. The molecular formula is C13H20N2O. The Morgan fingerprint density at radius 3 is 3.06 bits per heavy atom. The second kappa shape index (κ2) is 7.95. The summed E-state index contributed by atoms with van der Waals surface area (Å²) in [7, 11) is 1.72. The van der Waals surface area contributed by atoms with E-state index in [4.69, 9.17) is 10.00 Å². The molecule has 3 heteroatoms. The molecule has 88 valence electrons. The Hall–Kier alpha value is -1.27. The molecule has 0 spiro atoms. The molecular weight excluding hydrogens is 200 g/mol. The van der Waals surface area contributed by atoms with Gasteiger partial charge in [0.1, 0.15) is 0 Å². The van der Waals surface area contributed by atoms with E-state index in [0.717, 1.165) is 38.0 Å². The van der Waals surface area contributed by atoms with Gasteiger partial charge in [0, 0.05) is 32.0 Å². The van der Waals surface area contributed by atoms with Crippen LogP contribution >= 0.6 is 0 Å². The van der Waals surface area contributed by atoms with Gasteiger partial charge < -0.3 is 10.1 Å². The Morgan fingerprint density at radius 2 is 2.31 bits per heavy atom. The smallest absolute Gasteiger partial charge is 0.0914 e. The molecule has 0 aliphatic heterocycles. The molecule has 0 radical (unpaired) electrons. The molecule has 0 saturated heterocycles. The van der Waals surface area contributed by atoms with Gasteiger partial charge in [-0.2, -0.15) is 5.26 Å². The van der Waals surface area contributed by atoms with Crippen LogP contribution in [0.25, 0.3) is 0 Å². The number of hydrogen-bond donors (Lipinski definition) is 1. The summed E-state index contributed by atoms with van der Waals surface area (Å²) in [6.07, 6.45) is 9.29. The predicted octanol–water partition coefficient (Wildman–Crippen LogP) is 2.52. The second-order valence-corrected chi connectivity index (χ2v) is 4.00. The van der Waals surface area contributed by atoms with Gasteiger partial charge in [0.2, 0.25) is 0 Å². The Kier molecular flexibility index (Phi) is 6.36. The van der Waals surface area contributed by atoms with Crippen LogP contribution in [0.1, 0.15) is 32.1 Å². The number of hydrogen-bond acceptors (Lipinski definition) is 3. The first kappa shape index (κ1) is 12.8. The van der Waals surface area contributed by atoms with Crippen LogP contribution in [0, 0.1) is 11.3 Å². The van der Waals surface area contributed by atoms with Gasteiger partial charge in [-0.05, 0) is 43.8 Å². The first-order valence-corrected chi connectivity index (χ1v) is 5.89. The number of rotatable bonds is 5. The number of methoxy groups -OCH3 is 1. The van der Waals surface area contributed by atoms with E-state index in [9.17, 15) is 0 Å². The SMILES string of the molecule is COCCCNC1=C/C(=C/C#N)CCCC1. The average Bonchev–Trinajstić information content (AvgIpc) is 2.51. The highest BCUT2D eigenvalue weighted by Crippen LogP contribution is 2.19. The highest BCUT2D eigenvalue weighted by atomic mass is 16.5. The topological polar surface area (TPSA) is 45.0 Å². The fourth-order valence-electron chi connectivity index (χ4n) is 1.81. The van der Waals surface area contributed by atoms with Crippen molar-refractivity contribution in [3.8, 4) is 6.07 Å². The maximum Gasteiger partial charge on any atom is 0.0914 e. The van der Waals surface area contributed by atoms with Gasteiger partial charge in [-0.1, -0.05) is 0 Å². The van der Waals surface area contributed by atoms with Crippen LogP contribution in [-0.2, 0) is 4.74 Å². The van der Waals surface area contributed by atoms with E-state index in [1.54, 1.807) is 13.2 Å². The third-order valence-electron chi connectivity index (χ3n) is 2.65. The summed E-state index contributed by atoms with van der Waals surface area (Å²) in [6, 6.07) is 2.11. The largest absolute Gasteiger partial charge is 0.388 e. The van der Waals surface area contributed by atoms with Crippen LogP contribution in [0.4, 0.5) is 0 Å². The van der Waals surface area contributed by atoms with Crippen LogP contribution < -0.4 is 5.32 Å². The lowest BCUT2D eigenvalue weighted by Gasteiger charge is -2.08. The van der Waals surface area contributed by atoms with Crippen molar-refractivity contribution in [1.82, 2.24) is 5.32 Å². The van der Waals surface area contributed by atoms with Crippen molar-refractivity contribution in [2.45, 2.75) is 32.1 Å². The molecule has 0 bridgehead atoms. The third-order valence-corrected chi connectivity index (χ3v) is 2.65. The van der Waals surface area contributed by atoms with Gasteiger partial charge in [-0.25, -0.2) is 0 Å². The van der Waals surface area contributed by atoms with Gasteiger partial charge in [0.15, 0.2) is 0 Å². The molecule has 0 saturated carbocycles. The van der Waals surface area contributed by atoms with E-state index in [2.05, 4.69) is 17.5 Å². The maximum absolute atomic E-state index is 8.65. The monoisotopic (exact) mass is 220 g/mol. The Labute approximate surface area is 97.8 Å². The van der Waals surface area contributed by atoms with Gasteiger partial charge in [0.05, 0.1) is 6.07 Å². The summed E-state index contributed by atoms with van der Waals surface area (Å²) < 4.78 is 5.00. The summed E-state index contributed by atoms with van der Waals surface area (Å²) in [5, 5.41) is 12.1. The van der Waals surface area contributed by atoms with Crippen LogP contribution in [-0.4, -0.2) is 20.3 Å². The summed E-state index contributed by atoms with van der Waals surface area (Å²) in [5.74, 6) is 0. The molecule has 1 aliphatic rings. The fraction of sp³-hybridized carbons (Fsp3) is 0.615. The first-order valence-electron chi connectivity index (χ1n) is 5.89. The molecule has 0 unspecified atom stereocenters. The zero-order chi connectivity index (χ0) is 11.6. The Balaban J connectivity index is 2.43. The van der Waals surface area contributed by atoms with Crippen molar-refractivity contribution in [1.29, 1.82) is 5.26 Å². The van der Waals surface area contributed by atoms with E-state index in [1.807, 2.05) is 0 Å². The zero-order valence-electron chi connectivity index (χ0n) is 9.96. The van der Waals surface area contributed by atoms with E-state index in [1.165, 1.54) is 18.5 Å². The number of allylic oxidation sites excluding steroid dienone is 4. The van der Waals surface area contributed by atoms with Crippen molar-refractivity contribution >= 4 is 0 Å². The lowest BCUT2D eigenvalue weighted by atomic mass is 10.1. The minimum Gasteiger partial charge on any atom is -0.388 e. The van der Waals surface area contributed by atoms with Crippen LogP contribution in [0.3, 0.4) is 0 Å². The number of nitriles is 1. The van der Waals surface area contributed by atoms with Crippen molar-refractivity contribution in [2.75, 3.05) is 20.3 Å². The molecule has 0 fully saturated rings. The quantitative estimate of drug-likeness (QED) is 0.572. The standard InChI is InChI=1S/C13H20N2O/c1-16-10-4-9-15-13-6-3-2-5-12(11-13)7-8-14/h7,11,15H,2-6,9-10H2,1H3/b12-7+. The number of nitrogens with one attached hydrogen (secondary N) is 1. The van der Waals surface area contributed by atoms with Crippen LogP contribution in [0.2, 0.25) is 0 Å². The lowest BCUT2D eigenvalue weighted by Crippen LogP contribution is -2.16. The second-order valence-electron chi connectivity index (χ2n) is 4.00. The zero-order valence-corrected chi connectivity index (χ0v) is 9.96. The summed E-state index contributed by atoms with van der Waals surface area (Å²) in [4.78, 5) is 0. The summed E-state index contributed by atoms with van der Waals surface area (Å²) in [6.45, 7) is 1.74. The van der Waals surface area contributed by atoms with Gasteiger partial charge >= 0.3 is 0 Å². The molecule has 0 amide bonds. The predicted molar refractivity (Wildman–Crippen MR) is 64.7 cm³/mol. The summed E-state index contributed by atoms with van der Waals surface area (Å²) in [5.41, 5.74) is 2.41. The van der Waals surface area contributed by atoms with E-state index in [0.29, 0.717) is 0 Å². The molecule has 0 heterocycles. The van der Waals surface area contributed by atoms with E-state index < -0.39 is 0 Å². The molecule has 0 aromatic rings. The van der Waals surface area contributed by atoms with Crippen molar-refractivity contribution in [3.05, 3.63) is 23.4 Å². The van der Waals surface area contributed by atoms with Crippen molar-refractivity contribution < 1.29 is 4.74 Å². The number of ether oxygens (including phenoxy) is 1. The third kappa shape index (κ3) is 4.99. The molecule has 3 nitrogen and oxygen atoms in total. The molecule has 1 rings (SSSR count). The first-order chi connectivity index (χ1) is 7.86. The average molecular weight is 220 g/mol. The van der Waals surface area contributed by atoms with E-state index in [-0.39, 0.29) is 0 Å². The minimum absolute atomic E-state index is 0.793. The van der Waals surface area contributed by atoms with Gasteiger partial charge in [-0.15, -0.1) is 0 Å². The fourth-order valence-corrected chi connectivity index (χ4v) is 1.81. The molecule has 0 aromatic heterocycles. The highest BCUT2D eigenvalue weighted by Gasteiger charge is 2.05. The van der Waals surface area contributed by atoms with Gasteiger partial charge in [-0.3, -0.25) is 0 Å². The van der Waals surface area contributed by atoms with Crippen molar-refractivity contribution in [3.63, 3.8) is 0 Å². The molecule has 0 atom stereocenters.